The molecule has 0 unspecified atom stereocenters. The molecule has 1 rings (SSSR count). The summed E-state index contributed by atoms with van der Waals surface area (Å²) in [5.74, 6) is -1.44. The lowest BCUT2D eigenvalue weighted by molar-refractivity contribution is -0.121. The summed E-state index contributed by atoms with van der Waals surface area (Å²) in [5.41, 5.74) is -0.0700. The van der Waals surface area contributed by atoms with Crippen LogP contribution in [0, 0.1) is 5.82 Å². The van der Waals surface area contributed by atoms with Gasteiger partial charge in [0.15, 0.2) is 5.78 Å². The molecule has 0 fully saturated rings. The zero-order valence-corrected chi connectivity index (χ0v) is 11.6. The molecule has 0 saturated carbocycles. The number of benzene rings is 1. The lowest BCUT2D eigenvalue weighted by Gasteiger charge is -2.19. The van der Waals surface area contributed by atoms with E-state index in [1.54, 1.807) is 4.90 Å². The van der Waals surface area contributed by atoms with Crippen LogP contribution in [0.4, 0.5) is 4.39 Å². The number of ketones is 1. The van der Waals surface area contributed by atoms with Gasteiger partial charge in [0, 0.05) is 6.54 Å². The fourth-order valence-electron chi connectivity index (χ4n) is 1.76. The van der Waals surface area contributed by atoms with E-state index in [1.165, 1.54) is 0 Å². The first-order chi connectivity index (χ1) is 9.47. The normalized spacial score (nSPS) is 10.6. The maximum atomic E-state index is 13.1. The van der Waals surface area contributed by atoms with Gasteiger partial charge < -0.3 is 10.4 Å². The minimum Gasteiger partial charge on any atom is -0.507 e. The molecule has 0 atom stereocenters. The highest BCUT2D eigenvalue weighted by atomic mass is 19.1. The zero-order chi connectivity index (χ0) is 15.1. The zero-order valence-electron chi connectivity index (χ0n) is 11.6. The van der Waals surface area contributed by atoms with Crippen LogP contribution in [0.5, 0.6) is 5.75 Å². The number of hydrogen-bond acceptors (Lipinski definition) is 4. The number of phenolic OH excluding ortho intramolecular Hbond substituents is 1. The molecule has 6 heteroatoms. The number of carbonyl (C=O) groups is 2. The molecular formula is C14H19FN2O3. The van der Waals surface area contributed by atoms with E-state index in [0.717, 1.165) is 18.2 Å². The lowest BCUT2D eigenvalue weighted by Crippen LogP contribution is -2.39. The molecule has 110 valence electrons. The number of amides is 1. The van der Waals surface area contributed by atoms with Gasteiger partial charge in [0.25, 0.3) is 0 Å². The summed E-state index contributed by atoms with van der Waals surface area (Å²) in [7, 11) is 0. The third-order valence-electron chi connectivity index (χ3n) is 2.81. The first kappa shape index (κ1) is 16.1. The number of halogens is 1. The number of aromatic hydroxyl groups is 1. The minimum atomic E-state index is -0.585. The quantitative estimate of drug-likeness (QED) is 0.737. The van der Waals surface area contributed by atoms with Crippen LogP contribution in [0.2, 0.25) is 0 Å². The molecule has 0 aromatic heterocycles. The summed E-state index contributed by atoms with van der Waals surface area (Å²) >= 11 is 0. The van der Waals surface area contributed by atoms with Gasteiger partial charge in [-0.3, -0.25) is 14.5 Å². The highest BCUT2D eigenvalue weighted by molar-refractivity contribution is 6.00. The largest absolute Gasteiger partial charge is 0.507 e. The van der Waals surface area contributed by atoms with Gasteiger partial charge in [-0.25, -0.2) is 4.39 Å². The molecule has 0 aliphatic rings. The van der Waals surface area contributed by atoms with Crippen molar-refractivity contribution in [1.29, 1.82) is 0 Å². The summed E-state index contributed by atoms with van der Waals surface area (Å²) in [4.78, 5) is 25.1. The Morgan fingerprint density at radius 2 is 2.00 bits per heavy atom. The summed E-state index contributed by atoms with van der Waals surface area (Å²) in [5, 5.41) is 12.2. The van der Waals surface area contributed by atoms with Crippen molar-refractivity contribution in [3.63, 3.8) is 0 Å². The van der Waals surface area contributed by atoms with Crippen molar-refractivity contribution in [3.05, 3.63) is 29.6 Å². The van der Waals surface area contributed by atoms with Crippen molar-refractivity contribution in [1.82, 2.24) is 10.2 Å². The van der Waals surface area contributed by atoms with Crippen molar-refractivity contribution in [2.45, 2.75) is 13.8 Å². The van der Waals surface area contributed by atoms with Crippen LogP contribution in [0.3, 0.4) is 0 Å². The predicted molar refractivity (Wildman–Crippen MR) is 73.2 cm³/mol. The number of nitrogens with one attached hydrogen (secondary N) is 1. The molecule has 1 amide bonds. The van der Waals surface area contributed by atoms with Gasteiger partial charge in [-0.1, -0.05) is 6.92 Å². The van der Waals surface area contributed by atoms with Crippen LogP contribution in [-0.4, -0.2) is 47.9 Å². The lowest BCUT2D eigenvalue weighted by atomic mass is 10.1. The van der Waals surface area contributed by atoms with Crippen LogP contribution in [-0.2, 0) is 4.79 Å². The second-order valence-corrected chi connectivity index (χ2v) is 4.34. The number of rotatable bonds is 7. The highest BCUT2D eigenvalue weighted by Gasteiger charge is 2.17. The second kappa shape index (κ2) is 7.59. The molecule has 0 spiro atoms. The maximum Gasteiger partial charge on any atom is 0.234 e. The van der Waals surface area contributed by atoms with Crippen molar-refractivity contribution in [2.24, 2.45) is 0 Å². The molecule has 0 bridgehead atoms. The fourth-order valence-corrected chi connectivity index (χ4v) is 1.76. The molecule has 5 nitrogen and oxygen atoms in total. The molecule has 1 aromatic rings. The van der Waals surface area contributed by atoms with Crippen molar-refractivity contribution < 1.29 is 19.1 Å². The van der Waals surface area contributed by atoms with E-state index < -0.39 is 11.6 Å². The smallest absolute Gasteiger partial charge is 0.234 e. The van der Waals surface area contributed by atoms with Gasteiger partial charge >= 0.3 is 0 Å². The number of Topliss-reactive ketones (excluding diaryl/α,β-unsaturated/α-hetero) is 1. The van der Waals surface area contributed by atoms with E-state index in [2.05, 4.69) is 5.32 Å². The molecular weight excluding hydrogens is 263 g/mol. The molecule has 0 aliphatic carbocycles. The summed E-state index contributed by atoms with van der Waals surface area (Å²) in [6, 6.07) is 3.22. The molecule has 0 heterocycles. The Labute approximate surface area is 117 Å². The van der Waals surface area contributed by atoms with Crippen LogP contribution >= 0.6 is 0 Å². The van der Waals surface area contributed by atoms with E-state index in [-0.39, 0.29) is 30.3 Å². The highest BCUT2D eigenvalue weighted by Crippen LogP contribution is 2.18. The summed E-state index contributed by atoms with van der Waals surface area (Å²) in [6.07, 6.45) is 0. The van der Waals surface area contributed by atoms with Gasteiger partial charge in [0.1, 0.15) is 11.6 Å². The van der Waals surface area contributed by atoms with Gasteiger partial charge in [0.05, 0.1) is 18.7 Å². The molecule has 0 radical (unpaired) electrons. The number of hydrogen-bond donors (Lipinski definition) is 2. The van der Waals surface area contributed by atoms with Crippen LogP contribution < -0.4 is 5.32 Å². The Kier molecular flexibility index (Phi) is 6.11. The summed E-state index contributed by atoms with van der Waals surface area (Å²) in [6.45, 7) is 4.69. The van der Waals surface area contributed by atoms with Gasteiger partial charge in [-0.2, -0.15) is 0 Å². The number of nitrogens with zero attached hydrogens (tertiary/aromatic N) is 1. The number of likely N-dealkylation sites (N-methyl/N-ethyl adjacent to an activating group) is 2. The summed E-state index contributed by atoms with van der Waals surface area (Å²) < 4.78 is 13.1. The van der Waals surface area contributed by atoms with Crippen LogP contribution in [0.15, 0.2) is 18.2 Å². The Balaban J connectivity index is 2.72. The Bertz CT molecular complexity index is 491. The standard InChI is InChI=1S/C14H19FN2O3/c1-3-16-14(20)9-17(4-2)8-13(19)11-7-10(15)5-6-12(11)18/h5-7,18H,3-4,8-9H2,1-2H3,(H,16,20). The average molecular weight is 282 g/mol. The average Bonchev–Trinajstić information content (AvgIpc) is 2.40. The van der Waals surface area contributed by atoms with E-state index in [4.69, 9.17) is 0 Å². The van der Waals surface area contributed by atoms with E-state index in [1.807, 2.05) is 13.8 Å². The third kappa shape index (κ3) is 4.62. The first-order valence-electron chi connectivity index (χ1n) is 6.48. The van der Waals surface area contributed by atoms with Crippen molar-refractivity contribution >= 4 is 11.7 Å². The number of carbonyl (C=O) groups excluding carboxylic acids is 2. The third-order valence-corrected chi connectivity index (χ3v) is 2.81. The topological polar surface area (TPSA) is 69.6 Å². The van der Waals surface area contributed by atoms with E-state index in [9.17, 15) is 19.1 Å². The van der Waals surface area contributed by atoms with E-state index >= 15 is 0 Å². The number of phenols is 1. The Morgan fingerprint density at radius 1 is 1.30 bits per heavy atom. The van der Waals surface area contributed by atoms with Crippen molar-refractivity contribution in [2.75, 3.05) is 26.2 Å². The van der Waals surface area contributed by atoms with Crippen LogP contribution in [0.1, 0.15) is 24.2 Å². The van der Waals surface area contributed by atoms with Gasteiger partial charge in [0.2, 0.25) is 5.91 Å². The Hall–Kier alpha value is -1.95. The van der Waals surface area contributed by atoms with Crippen LogP contribution in [0.25, 0.3) is 0 Å². The molecule has 1 aromatic carbocycles. The molecule has 0 aliphatic heterocycles. The molecule has 2 N–H and O–H groups in total. The maximum absolute atomic E-state index is 13.1. The predicted octanol–water partition coefficient (Wildman–Crippen LogP) is 1.17. The van der Waals surface area contributed by atoms with E-state index in [0.29, 0.717) is 13.1 Å². The SMILES string of the molecule is CCNC(=O)CN(CC)CC(=O)c1cc(F)ccc1O. The second-order valence-electron chi connectivity index (χ2n) is 4.34. The molecule has 0 saturated heterocycles. The van der Waals surface area contributed by atoms with Gasteiger partial charge in [-0.15, -0.1) is 0 Å². The molecule has 20 heavy (non-hydrogen) atoms. The van der Waals surface area contributed by atoms with Crippen molar-refractivity contribution in [3.8, 4) is 5.75 Å². The van der Waals surface area contributed by atoms with Gasteiger partial charge in [-0.05, 0) is 31.7 Å². The first-order valence-corrected chi connectivity index (χ1v) is 6.48. The fraction of sp³-hybridized carbons (Fsp3) is 0.429. The monoisotopic (exact) mass is 282 g/mol. The Morgan fingerprint density at radius 3 is 2.60 bits per heavy atom. The minimum absolute atomic E-state index is 0.0509.